The number of amides is 2. The van der Waals surface area contributed by atoms with Gasteiger partial charge in [-0.2, -0.15) is 5.10 Å². The third-order valence-electron chi connectivity index (χ3n) is 4.53. The fraction of sp³-hybridized carbons (Fsp3) is 0.300. The summed E-state index contributed by atoms with van der Waals surface area (Å²) in [6, 6.07) is 9.02. The van der Waals surface area contributed by atoms with Crippen molar-refractivity contribution in [2.24, 2.45) is 5.73 Å². The normalized spacial score (nSPS) is 16.6. The Labute approximate surface area is 173 Å². The molecule has 0 aliphatic carbocycles. The van der Waals surface area contributed by atoms with E-state index < -0.39 is 11.8 Å². The van der Waals surface area contributed by atoms with Crippen molar-refractivity contribution in [3.05, 3.63) is 52.9 Å². The summed E-state index contributed by atoms with van der Waals surface area (Å²) in [7, 11) is 0. The van der Waals surface area contributed by atoms with Gasteiger partial charge >= 0.3 is 0 Å². The number of benzene rings is 1. The minimum atomic E-state index is -0.616. The first-order chi connectivity index (χ1) is 13.9. The number of nitrogens with zero attached hydrogens (tertiary/aromatic N) is 3. The van der Waals surface area contributed by atoms with Gasteiger partial charge in [-0.1, -0.05) is 11.6 Å². The molecule has 0 saturated carbocycles. The molecule has 9 heteroatoms. The molecule has 1 unspecified atom stereocenters. The summed E-state index contributed by atoms with van der Waals surface area (Å²) < 4.78 is 6.03. The van der Waals surface area contributed by atoms with Crippen molar-refractivity contribution in [2.45, 2.75) is 26.4 Å². The molecular weight excluding hydrogens is 394 g/mol. The first-order valence-electron chi connectivity index (χ1n) is 9.13. The molecule has 0 spiro atoms. The van der Waals surface area contributed by atoms with Crippen LogP contribution < -0.4 is 20.7 Å². The van der Waals surface area contributed by atoms with Crippen molar-refractivity contribution in [3.63, 3.8) is 0 Å². The monoisotopic (exact) mass is 415 g/mol. The van der Waals surface area contributed by atoms with Gasteiger partial charge in [-0.15, -0.1) is 5.10 Å². The molecule has 1 aromatic heterocycles. The number of nitrogens with two attached hydrogens (primary N) is 1. The molecule has 1 aliphatic heterocycles. The number of halogens is 1. The molecule has 0 bridgehead atoms. The second kappa shape index (κ2) is 8.91. The molecule has 1 saturated heterocycles. The lowest BCUT2D eigenvalue weighted by molar-refractivity contribution is -0.126. The third-order valence-corrected chi connectivity index (χ3v) is 4.78. The van der Waals surface area contributed by atoms with Crippen LogP contribution in [0.4, 0.5) is 5.69 Å². The van der Waals surface area contributed by atoms with Gasteiger partial charge in [0.15, 0.2) is 0 Å². The third kappa shape index (κ3) is 5.03. The van der Waals surface area contributed by atoms with Gasteiger partial charge in [-0.3, -0.25) is 14.9 Å². The quantitative estimate of drug-likeness (QED) is 0.719. The van der Waals surface area contributed by atoms with E-state index in [4.69, 9.17) is 22.1 Å². The molecule has 3 rings (SSSR count). The lowest BCUT2D eigenvalue weighted by Crippen LogP contribution is -2.30. The molecule has 1 aromatic carbocycles. The predicted molar refractivity (Wildman–Crippen MR) is 110 cm³/mol. The lowest BCUT2D eigenvalue weighted by Gasteiger charge is -2.21. The van der Waals surface area contributed by atoms with Crippen LogP contribution in [-0.2, 0) is 9.59 Å². The van der Waals surface area contributed by atoms with Crippen LogP contribution >= 0.6 is 11.6 Å². The standard InChI is InChI=1S/C20H22ClN5O3/c1-12-19(9-18(25-24-12)17(10-22)20(28)23-13(2)27)26-8-7-16(11-26)29-15-5-3-14(21)4-6-15/h3-6,9-10,16H,7-8,11,22H2,1-2H3,(H,23,27,28)/b17-10-. The average molecular weight is 416 g/mol. The second-order valence-corrected chi connectivity index (χ2v) is 7.16. The number of carbonyl (C=O) groups excluding carboxylic acids is 2. The smallest absolute Gasteiger partial charge is 0.261 e. The zero-order valence-corrected chi connectivity index (χ0v) is 16.9. The highest BCUT2D eigenvalue weighted by molar-refractivity contribution is 6.30. The highest BCUT2D eigenvalue weighted by Crippen LogP contribution is 2.27. The van der Waals surface area contributed by atoms with E-state index in [1.807, 2.05) is 19.1 Å². The summed E-state index contributed by atoms with van der Waals surface area (Å²) in [6.45, 7) is 4.53. The Morgan fingerprint density at radius 2 is 2.03 bits per heavy atom. The van der Waals surface area contributed by atoms with Crippen molar-refractivity contribution < 1.29 is 14.3 Å². The van der Waals surface area contributed by atoms with E-state index in [0.29, 0.717) is 17.3 Å². The zero-order chi connectivity index (χ0) is 21.0. The van der Waals surface area contributed by atoms with Crippen LogP contribution in [0.1, 0.15) is 24.7 Å². The number of hydrogen-bond acceptors (Lipinski definition) is 7. The summed E-state index contributed by atoms with van der Waals surface area (Å²) in [5.41, 5.74) is 7.55. The minimum Gasteiger partial charge on any atom is -0.489 e. The van der Waals surface area contributed by atoms with Gasteiger partial charge in [0, 0.05) is 31.1 Å². The highest BCUT2D eigenvalue weighted by atomic mass is 35.5. The summed E-state index contributed by atoms with van der Waals surface area (Å²) in [5, 5.41) is 11.1. The maximum Gasteiger partial charge on any atom is 0.261 e. The van der Waals surface area contributed by atoms with Gasteiger partial charge in [0.05, 0.1) is 23.5 Å². The molecule has 1 atom stereocenters. The van der Waals surface area contributed by atoms with Crippen LogP contribution in [0.25, 0.3) is 5.57 Å². The number of ether oxygens (including phenoxy) is 1. The molecular formula is C20H22ClN5O3. The molecule has 29 heavy (non-hydrogen) atoms. The second-order valence-electron chi connectivity index (χ2n) is 6.72. The molecule has 8 nitrogen and oxygen atoms in total. The molecule has 3 N–H and O–H groups in total. The molecule has 1 fully saturated rings. The van der Waals surface area contributed by atoms with E-state index in [9.17, 15) is 9.59 Å². The molecule has 152 valence electrons. The van der Waals surface area contributed by atoms with Crippen LogP contribution in [0.15, 0.2) is 36.5 Å². The van der Waals surface area contributed by atoms with Crippen LogP contribution in [-0.4, -0.2) is 41.2 Å². The number of imide groups is 1. The number of hydrogen-bond donors (Lipinski definition) is 2. The van der Waals surface area contributed by atoms with Gasteiger partial charge < -0.3 is 15.4 Å². The number of carbonyl (C=O) groups is 2. The van der Waals surface area contributed by atoms with Crippen LogP contribution in [0.5, 0.6) is 5.75 Å². The number of rotatable bonds is 5. The number of aryl methyl sites for hydroxylation is 1. The molecule has 2 amide bonds. The average Bonchev–Trinajstić information content (AvgIpc) is 3.13. The van der Waals surface area contributed by atoms with Crippen molar-refractivity contribution in [3.8, 4) is 5.75 Å². The topological polar surface area (TPSA) is 110 Å². The first kappa shape index (κ1) is 20.6. The summed E-state index contributed by atoms with van der Waals surface area (Å²) in [5.74, 6) is -0.327. The van der Waals surface area contributed by atoms with Crippen molar-refractivity contribution in [1.82, 2.24) is 15.5 Å². The Morgan fingerprint density at radius 1 is 1.31 bits per heavy atom. The van der Waals surface area contributed by atoms with E-state index >= 15 is 0 Å². The summed E-state index contributed by atoms with van der Waals surface area (Å²) in [4.78, 5) is 25.5. The van der Waals surface area contributed by atoms with Gasteiger partial charge in [-0.05, 0) is 37.3 Å². The number of aromatic nitrogens is 2. The zero-order valence-electron chi connectivity index (χ0n) is 16.2. The van der Waals surface area contributed by atoms with E-state index in [-0.39, 0.29) is 11.7 Å². The fourth-order valence-corrected chi connectivity index (χ4v) is 3.27. The maximum atomic E-state index is 12.2. The predicted octanol–water partition coefficient (Wildman–Crippen LogP) is 2.06. The van der Waals surface area contributed by atoms with Gasteiger partial charge in [-0.25, -0.2) is 0 Å². The van der Waals surface area contributed by atoms with Crippen molar-refractivity contribution >= 4 is 34.7 Å². The Balaban J connectivity index is 1.75. The summed E-state index contributed by atoms with van der Waals surface area (Å²) >= 11 is 5.91. The largest absolute Gasteiger partial charge is 0.489 e. The maximum absolute atomic E-state index is 12.2. The molecule has 2 aromatic rings. The molecule has 1 aliphatic rings. The fourth-order valence-electron chi connectivity index (χ4n) is 3.15. The first-order valence-corrected chi connectivity index (χ1v) is 9.51. The lowest BCUT2D eigenvalue weighted by atomic mass is 10.1. The highest BCUT2D eigenvalue weighted by Gasteiger charge is 2.27. The Bertz CT molecular complexity index is 946. The number of anilines is 1. The van der Waals surface area contributed by atoms with Crippen LogP contribution in [0, 0.1) is 6.92 Å². The van der Waals surface area contributed by atoms with E-state index in [1.165, 1.54) is 6.92 Å². The van der Waals surface area contributed by atoms with E-state index in [1.54, 1.807) is 18.2 Å². The minimum absolute atomic E-state index is 0.0118. The Morgan fingerprint density at radius 3 is 2.69 bits per heavy atom. The van der Waals surface area contributed by atoms with E-state index in [2.05, 4.69) is 20.4 Å². The molecule has 0 radical (unpaired) electrons. The van der Waals surface area contributed by atoms with Crippen molar-refractivity contribution in [2.75, 3.05) is 18.0 Å². The van der Waals surface area contributed by atoms with Gasteiger partial charge in [0.2, 0.25) is 5.91 Å². The summed E-state index contributed by atoms with van der Waals surface area (Å²) in [6.07, 6.45) is 1.97. The number of nitrogens with one attached hydrogen (secondary N) is 1. The van der Waals surface area contributed by atoms with Crippen molar-refractivity contribution in [1.29, 1.82) is 0 Å². The molecule has 2 heterocycles. The van der Waals surface area contributed by atoms with E-state index in [0.717, 1.165) is 36.3 Å². The van der Waals surface area contributed by atoms with Gasteiger partial charge in [0.25, 0.3) is 5.91 Å². The Kier molecular flexibility index (Phi) is 6.33. The Hall–Kier alpha value is -3.13. The van der Waals surface area contributed by atoms with Gasteiger partial charge in [0.1, 0.15) is 17.5 Å². The van der Waals surface area contributed by atoms with Crippen LogP contribution in [0.3, 0.4) is 0 Å². The SMILES string of the molecule is CC(=O)NC(=O)/C(=C\N)c1cc(N2CCC(Oc3ccc(Cl)cc3)C2)c(C)nn1. The van der Waals surface area contributed by atoms with Crippen LogP contribution in [0.2, 0.25) is 5.02 Å².